The zero-order valence-corrected chi connectivity index (χ0v) is 23.9. The van der Waals surface area contributed by atoms with Crippen molar-refractivity contribution in [1.82, 2.24) is 0 Å². The molecule has 4 heteroatoms. The highest BCUT2D eigenvalue weighted by Crippen LogP contribution is 2.53. The molecule has 2 unspecified atom stereocenters. The summed E-state index contributed by atoms with van der Waals surface area (Å²) >= 11 is 0. The van der Waals surface area contributed by atoms with Crippen LogP contribution < -0.4 is 10.0 Å². The first-order valence-corrected chi connectivity index (χ1v) is 13.7. The second-order valence-electron chi connectivity index (χ2n) is 10.6. The van der Waals surface area contributed by atoms with Gasteiger partial charge in [0.1, 0.15) is 5.75 Å². The second kappa shape index (κ2) is 12.3. The Hall–Kier alpha value is -1.70. The Morgan fingerprint density at radius 2 is 1.74 bits per heavy atom. The summed E-state index contributed by atoms with van der Waals surface area (Å²) in [5.74, 6) is 1.08. The maximum atomic E-state index is 12.6. The van der Waals surface area contributed by atoms with Gasteiger partial charge in [-0.2, -0.15) is 0 Å². The van der Waals surface area contributed by atoms with E-state index in [0.29, 0.717) is 8.58 Å². The summed E-state index contributed by atoms with van der Waals surface area (Å²) in [4.78, 5) is 12.6. The molecule has 0 saturated carbocycles. The molecule has 0 fully saturated rings. The van der Waals surface area contributed by atoms with Gasteiger partial charge in [-0.1, -0.05) is 92.3 Å². The Morgan fingerprint density at radius 3 is 2.29 bits per heavy atom. The number of hydrogen-bond donors (Lipinski definition) is 0. The molecule has 0 spiro atoms. The Bertz CT molecular complexity index is 974. The predicted molar refractivity (Wildman–Crippen MR) is 148 cm³/mol. The van der Waals surface area contributed by atoms with Gasteiger partial charge in [-0.15, -0.1) is 0 Å². The second-order valence-corrected chi connectivity index (χ2v) is 12.3. The van der Waals surface area contributed by atoms with Crippen molar-refractivity contribution in [3.05, 3.63) is 58.1 Å². The van der Waals surface area contributed by atoms with E-state index >= 15 is 0 Å². The molecule has 0 N–H and O–H groups in total. The van der Waals surface area contributed by atoms with Crippen LogP contribution in [0.3, 0.4) is 0 Å². The Balaban J connectivity index is 2.79. The molecule has 34 heavy (non-hydrogen) atoms. The highest BCUT2D eigenvalue weighted by atomic mass is 31.1. The number of aryl methyl sites for hydroxylation is 2. The lowest BCUT2D eigenvalue weighted by molar-refractivity contribution is 0.0493. The molecule has 0 aliphatic carbocycles. The largest absolute Gasteiger partial charge is 0.467 e. The highest BCUT2D eigenvalue weighted by molar-refractivity contribution is 7.48. The van der Waals surface area contributed by atoms with Crippen LogP contribution >= 0.6 is 8.58 Å². The SMILES string of the molecule is CCCCCC(CC)(Pc1ccc(C)cc1C(C)=O)c1cc(C(C)(C)C)cc(C)c1OCOC. The molecule has 0 amide bonds. The molecule has 2 aromatic rings. The summed E-state index contributed by atoms with van der Waals surface area (Å²) in [6, 6.07) is 11.0. The van der Waals surface area contributed by atoms with Gasteiger partial charge in [-0.25, -0.2) is 0 Å². The lowest BCUT2D eigenvalue weighted by Crippen LogP contribution is -2.27. The number of rotatable bonds is 12. The van der Waals surface area contributed by atoms with Crippen LogP contribution in [0, 0.1) is 13.8 Å². The monoisotopic (exact) mass is 484 g/mol. The third-order valence-corrected chi connectivity index (χ3v) is 8.77. The van der Waals surface area contributed by atoms with Crippen LogP contribution in [0.15, 0.2) is 30.3 Å². The summed E-state index contributed by atoms with van der Waals surface area (Å²) in [5.41, 5.74) is 5.74. The molecule has 2 rings (SSSR count). The minimum absolute atomic E-state index is 0.0275. The van der Waals surface area contributed by atoms with Crippen LogP contribution in [0.25, 0.3) is 0 Å². The molecule has 0 aliphatic rings. The average molecular weight is 485 g/mol. The van der Waals surface area contributed by atoms with Crippen molar-refractivity contribution in [3.63, 3.8) is 0 Å². The number of ether oxygens (including phenoxy) is 2. The lowest BCUT2D eigenvalue weighted by atomic mass is 9.80. The third kappa shape index (κ3) is 6.92. The van der Waals surface area contributed by atoms with E-state index < -0.39 is 0 Å². The van der Waals surface area contributed by atoms with Crippen molar-refractivity contribution in [1.29, 1.82) is 0 Å². The maximum Gasteiger partial charge on any atom is 0.188 e. The lowest BCUT2D eigenvalue weighted by Gasteiger charge is -2.37. The van der Waals surface area contributed by atoms with Crippen molar-refractivity contribution < 1.29 is 14.3 Å². The van der Waals surface area contributed by atoms with Gasteiger partial charge in [0, 0.05) is 23.4 Å². The van der Waals surface area contributed by atoms with E-state index in [0.717, 1.165) is 47.0 Å². The fraction of sp³-hybridized carbons (Fsp3) is 0.567. The molecule has 0 bridgehead atoms. The summed E-state index contributed by atoms with van der Waals surface area (Å²) in [6.07, 6.45) is 5.58. The topological polar surface area (TPSA) is 35.5 Å². The summed E-state index contributed by atoms with van der Waals surface area (Å²) in [5, 5.41) is 1.05. The summed E-state index contributed by atoms with van der Waals surface area (Å²) < 4.78 is 11.6. The normalized spacial score (nSPS) is 13.9. The van der Waals surface area contributed by atoms with Gasteiger partial charge >= 0.3 is 0 Å². The van der Waals surface area contributed by atoms with Crippen LogP contribution in [0.1, 0.15) is 106 Å². The van der Waals surface area contributed by atoms with Crippen molar-refractivity contribution >= 4 is 19.7 Å². The molecule has 3 nitrogen and oxygen atoms in total. The minimum atomic E-state index is -0.107. The van der Waals surface area contributed by atoms with Crippen molar-refractivity contribution in [2.75, 3.05) is 13.9 Å². The van der Waals surface area contributed by atoms with E-state index in [1.54, 1.807) is 14.0 Å². The molecule has 0 heterocycles. The van der Waals surface area contributed by atoms with Gasteiger partial charge in [0.2, 0.25) is 0 Å². The smallest absolute Gasteiger partial charge is 0.188 e. The van der Waals surface area contributed by atoms with E-state index in [-0.39, 0.29) is 23.1 Å². The number of carbonyl (C=O) groups is 1. The molecular formula is C30H45O3P. The van der Waals surface area contributed by atoms with Crippen molar-refractivity contribution in [2.45, 2.75) is 98.1 Å². The summed E-state index contributed by atoms with van der Waals surface area (Å²) in [6.45, 7) is 17.5. The zero-order chi connectivity index (χ0) is 25.5. The Morgan fingerprint density at radius 1 is 1.03 bits per heavy atom. The van der Waals surface area contributed by atoms with E-state index in [1.807, 2.05) is 0 Å². The Labute approximate surface area is 209 Å². The van der Waals surface area contributed by atoms with Crippen molar-refractivity contribution in [3.8, 4) is 5.75 Å². The van der Waals surface area contributed by atoms with Crippen LogP contribution in [-0.2, 0) is 15.3 Å². The fourth-order valence-corrected chi connectivity index (χ4v) is 6.45. The van der Waals surface area contributed by atoms with E-state index in [2.05, 4.69) is 78.8 Å². The standard InChI is InChI=1S/C30H45O3P/c1-10-12-13-16-30(11-2,34-27-15-14-21(3)17-25(27)23(5)31)26-19-24(29(6,7)8)18-22(4)28(26)33-20-32-9/h14-15,17-19,34H,10-13,16,20H2,1-9H3. The number of Topliss-reactive ketones (excluding diaryl/α,β-unsaturated/α-hetero) is 1. The molecule has 2 aromatic carbocycles. The van der Waals surface area contributed by atoms with Crippen molar-refractivity contribution in [2.24, 2.45) is 0 Å². The van der Waals surface area contributed by atoms with Gasteiger partial charge in [0.15, 0.2) is 12.6 Å². The Kier molecular flexibility index (Phi) is 10.3. The van der Waals surface area contributed by atoms with Crippen LogP contribution in [0.2, 0.25) is 0 Å². The molecular weight excluding hydrogens is 439 g/mol. The van der Waals surface area contributed by atoms with Gasteiger partial charge in [-0.05, 0) is 61.5 Å². The number of carbonyl (C=O) groups excluding carboxylic acids is 1. The van der Waals surface area contributed by atoms with Gasteiger partial charge in [0.25, 0.3) is 0 Å². The van der Waals surface area contributed by atoms with Crippen LogP contribution in [0.4, 0.5) is 0 Å². The number of unbranched alkanes of at least 4 members (excludes halogenated alkanes) is 2. The number of ketones is 1. The number of methoxy groups -OCH3 is 1. The highest BCUT2D eigenvalue weighted by Gasteiger charge is 2.36. The van der Waals surface area contributed by atoms with Gasteiger partial charge in [-0.3, -0.25) is 4.79 Å². The molecule has 0 saturated heterocycles. The first-order valence-electron chi connectivity index (χ1n) is 12.7. The third-order valence-electron chi connectivity index (χ3n) is 6.72. The van der Waals surface area contributed by atoms with Gasteiger partial charge < -0.3 is 9.47 Å². The number of benzene rings is 2. The molecule has 0 aromatic heterocycles. The maximum absolute atomic E-state index is 12.6. The quantitative estimate of drug-likeness (QED) is 0.133. The van der Waals surface area contributed by atoms with Gasteiger partial charge in [0.05, 0.1) is 0 Å². The van der Waals surface area contributed by atoms with Crippen LogP contribution in [0.5, 0.6) is 5.75 Å². The molecule has 0 aliphatic heterocycles. The van der Waals surface area contributed by atoms with E-state index in [9.17, 15) is 4.79 Å². The average Bonchev–Trinajstić information content (AvgIpc) is 2.77. The predicted octanol–water partition coefficient (Wildman–Crippen LogP) is 7.98. The zero-order valence-electron chi connectivity index (χ0n) is 22.9. The molecule has 188 valence electrons. The van der Waals surface area contributed by atoms with E-state index in [1.165, 1.54) is 24.0 Å². The van der Waals surface area contributed by atoms with Crippen LogP contribution in [-0.4, -0.2) is 19.7 Å². The fourth-order valence-electron chi connectivity index (χ4n) is 4.58. The minimum Gasteiger partial charge on any atom is -0.467 e. The summed E-state index contributed by atoms with van der Waals surface area (Å²) in [7, 11) is 2.15. The number of hydrogen-bond acceptors (Lipinski definition) is 3. The first kappa shape index (κ1) is 28.5. The first-order chi connectivity index (χ1) is 16.0. The molecule has 0 radical (unpaired) electrons. The molecule has 2 atom stereocenters. The van der Waals surface area contributed by atoms with E-state index in [4.69, 9.17) is 9.47 Å².